The molecule has 1 amide bonds. The number of carbonyl (C=O) groups excluding carboxylic acids is 1. The molecule has 2 aromatic carbocycles. The summed E-state index contributed by atoms with van der Waals surface area (Å²) in [7, 11) is 0. The fourth-order valence-electron chi connectivity index (χ4n) is 2.54. The number of guanidine groups is 1. The molecule has 0 bridgehead atoms. The van der Waals surface area contributed by atoms with E-state index in [2.05, 4.69) is 4.99 Å². The molecule has 0 unspecified atom stereocenters. The number of fused-ring (bicyclic) bond motifs is 1. The highest BCUT2D eigenvalue weighted by atomic mass is 19.1. The normalized spacial score (nSPS) is 12.7. The van der Waals surface area contributed by atoms with Crippen molar-refractivity contribution < 1.29 is 22.7 Å². The molecule has 0 saturated heterocycles. The molecule has 0 atom stereocenters. The lowest BCUT2D eigenvalue weighted by Gasteiger charge is -2.20. The van der Waals surface area contributed by atoms with Crippen LogP contribution >= 0.6 is 0 Å². The maximum absolute atomic E-state index is 14.1. The van der Waals surface area contributed by atoms with E-state index in [4.69, 9.17) is 16.2 Å². The van der Waals surface area contributed by atoms with Gasteiger partial charge in [-0.05, 0) is 29.8 Å². The summed E-state index contributed by atoms with van der Waals surface area (Å²) in [4.78, 5) is 15.4. The first kappa shape index (κ1) is 16.6. The second kappa shape index (κ2) is 6.31. The van der Waals surface area contributed by atoms with Crippen molar-refractivity contribution in [3.63, 3.8) is 0 Å². The first-order valence-electron chi connectivity index (χ1n) is 7.13. The molecule has 5 nitrogen and oxygen atoms in total. The number of hydrogen-bond donors (Lipinski definition) is 2. The Morgan fingerprint density at radius 1 is 1.08 bits per heavy atom. The van der Waals surface area contributed by atoms with Crippen LogP contribution in [0.5, 0.6) is 5.75 Å². The molecule has 0 aliphatic carbocycles. The highest BCUT2D eigenvalue weighted by Crippen LogP contribution is 2.37. The molecule has 1 aliphatic rings. The predicted octanol–water partition coefficient (Wildman–Crippen LogP) is 2.34. The summed E-state index contributed by atoms with van der Waals surface area (Å²) >= 11 is 0. The van der Waals surface area contributed by atoms with Gasteiger partial charge in [0.2, 0.25) is 0 Å². The number of amides is 1. The summed E-state index contributed by atoms with van der Waals surface area (Å²) in [6, 6.07) is 5.42. The topological polar surface area (TPSA) is 90.7 Å². The molecule has 0 spiro atoms. The first-order chi connectivity index (χ1) is 11.9. The molecule has 0 aromatic heterocycles. The van der Waals surface area contributed by atoms with E-state index >= 15 is 0 Å². The number of aliphatic imine (C=N–C) groups is 1. The number of nitrogens with two attached hydrogens (primary N) is 2. The minimum absolute atomic E-state index is 0.0692. The Balaban J connectivity index is 2.14. The maximum atomic E-state index is 14.1. The number of carbonyl (C=O) groups is 1. The molecule has 4 N–H and O–H groups in total. The van der Waals surface area contributed by atoms with Crippen LogP contribution in [0.1, 0.15) is 21.5 Å². The first-order valence-corrected chi connectivity index (χ1v) is 7.13. The molecule has 25 heavy (non-hydrogen) atoms. The Bertz CT molecular complexity index is 912. The van der Waals surface area contributed by atoms with E-state index in [0.717, 1.165) is 0 Å². The largest absolute Gasteiger partial charge is 0.489 e. The van der Waals surface area contributed by atoms with Gasteiger partial charge in [0.15, 0.2) is 5.96 Å². The van der Waals surface area contributed by atoms with E-state index < -0.39 is 34.9 Å². The molecular weight excluding hydrogens is 335 g/mol. The molecule has 0 saturated carbocycles. The third kappa shape index (κ3) is 3.18. The number of ether oxygens (including phenoxy) is 1. The Hall–Kier alpha value is -3.29. The predicted molar refractivity (Wildman–Crippen MR) is 85.5 cm³/mol. The van der Waals surface area contributed by atoms with E-state index in [9.17, 15) is 18.0 Å². The number of hydrogen-bond acceptors (Lipinski definition) is 2. The van der Waals surface area contributed by atoms with Gasteiger partial charge in [-0.25, -0.2) is 13.2 Å². The van der Waals surface area contributed by atoms with Gasteiger partial charge >= 0.3 is 0 Å². The van der Waals surface area contributed by atoms with Gasteiger partial charge in [0.25, 0.3) is 5.91 Å². The molecule has 128 valence electrons. The zero-order valence-electron chi connectivity index (χ0n) is 12.7. The standard InChI is InChI=1S/C17H12F3N3O2/c18-9-6-12(19)15(13(20)7-9)10-3-4-25-14-2-1-8(5-11(10)14)16(24)23-17(21)22/h1-3,5-7H,4H2,(H4,21,22,23,24). The number of halogens is 3. The quantitative estimate of drug-likeness (QED) is 0.644. The van der Waals surface area contributed by atoms with Gasteiger partial charge in [0.05, 0.1) is 5.56 Å². The van der Waals surface area contributed by atoms with Crippen LogP contribution < -0.4 is 16.2 Å². The molecule has 0 fully saturated rings. The SMILES string of the molecule is NC(N)=NC(=O)c1ccc2c(c1)C(c1c(F)cc(F)cc1F)=CCO2. The van der Waals surface area contributed by atoms with Crippen LogP contribution in [0.25, 0.3) is 5.57 Å². The van der Waals surface area contributed by atoms with Crippen LogP contribution in [0, 0.1) is 17.5 Å². The minimum Gasteiger partial charge on any atom is -0.489 e. The monoisotopic (exact) mass is 347 g/mol. The Labute approximate surface area is 140 Å². The third-order valence-electron chi connectivity index (χ3n) is 3.55. The van der Waals surface area contributed by atoms with E-state index in [1.54, 1.807) is 0 Å². The lowest BCUT2D eigenvalue weighted by molar-refractivity contribution is 0.100. The van der Waals surface area contributed by atoms with Crippen molar-refractivity contribution in [1.82, 2.24) is 0 Å². The van der Waals surface area contributed by atoms with Crippen LogP contribution in [0.3, 0.4) is 0 Å². The molecule has 3 rings (SSSR count). The summed E-state index contributed by atoms with van der Waals surface area (Å²) in [6.45, 7) is 0.0692. The fourth-order valence-corrected chi connectivity index (χ4v) is 2.54. The molecule has 8 heteroatoms. The van der Waals surface area contributed by atoms with Gasteiger partial charge in [-0.15, -0.1) is 0 Å². The summed E-state index contributed by atoms with van der Waals surface area (Å²) in [6.07, 6.45) is 1.44. The van der Waals surface area contributed by atoms with Crippen LogP contribution in [0.4, 0.5) is 13.2 Å². The maximum Gasteiger partial charge on any atom is 0.280 e. The minimum atomic E-state index is -1.06. The van der Waals surface area contributed by atoms with Crippen LogP contribution in [0.2, 0.25) is 0 Å². The summed E-state index contributed by atoms with van der Waals surface area (Å²) < 4.78 is 46.8. The van der Waals surface area contributed by atoms with Gasteiger partial charge in [-0.3, -0.25) is 4.79 Å². The number of nitrogens with zero attached hydrogens (tertiary/aromatic N) is 1. The van der Waals surface area contributed by atoms with Crippen molar-refractivity contribution in [1.29, 1.82) is 0 Å². The van der Waals surface area contributed by atoms with Crippen molar-refractivity contribution in [2.24, 2.45) is 16.5 Å². The average Bonchev–Trinajstić information content (AvgIpc) is 2.53. The Morgan fingerprint density at radius 2 is 1.76 bits per heavy atom. The lowest BCUT2D eigenvalue weighted by atomic mass is 9.93. The van der Waals surface area contributed by atoms with E-state index in [1.807, 2.05) is 0 Å². The van der Waals surface area contributed by atoms with Gasteiger partial charge < -0.3 is 16.2 Å². The zero-order chi connectivity index (χ0) is 18.1. The fraction of sp³-hybridized carbons (Fsp3) is 0.0588. The summed E-state index contributed by atoms with van der Waals surface area (Å²) in [5.41, 5.74) is 10.5. The van der Waals surface area contributed by atoms with Gasteiger partial charge in [0.1, 0.15) is 29.8 Å². The zero-order valence-corrected chi connectivity index (χ0v) is 12.7. The van der Waals surface area contributed by atoms with Gasteiger partial charge in [-0.1, -0.05) is 0 Å². The van der Waals surface area contributed by atoms with Crippen LogP contribution in [0.15, 0.2) is 41.4 Å². The van der Waals surface area contributed by atoms with Crippen molar-refractivity contribution >= 4 is 17.4 Å². The summed E-state index contributed by atoms with van der Waals surface area (Å²) in [5, 5.41) is 0. The average molecular weight is 347 g/mol. The van der Waals surface area contributed by atoms with Crippen LogP contribution in [-0.4, -0.2) is 18.5 Å². The van der Waals surface area contributed by atoms with Crippen LogP contribution in [-0.2, 0) is 0 Å². The van der Waals surface area contributed by atoms with Gasteiger partial charge in [0, 0.05) is 23.3 Å². The van der Waals surface area contributed by atoms with Crippen molar-refractivity contribution in [3.8, 4) is 5.75 Å². The van der Waals surface area contributed by atoms with E-state index in [0.29, 0.717) is 17.9 Å². The highest BCUT2D eigenvalue weighted by Gasteiger charge is 2.23. The van der Waals surface area contributed by atoms with Gasteiger partial charge in [-0.2, -0.15) is 4.99 Å². The molecule has 1 heterocycles. The molecule has 0 radical (unpaired) electrons. The summed E-state index contributed by atoms with van der Waals surface area (Å²) in [5.74, 6) is -3.95. The Kier molecular flexibility index (Phi) is 4.18. The lowest BCUT2D eigenvalue weighted by Crippen LogP contribution is -2.24. The van der Waals surface area contributed by atoms with E-state index in [1.165, 1.54) is 24.3 Å². The van der Waals surface area contributed by atoms with Crippen molar-refractivity contribution in [3.05, 3.63) is 70.5 Å². The third-order valence-corrected chi connectivity index (χ3v) is 3.55. The highest BCUT2D eigenvalue weighted by molar-refractivity contribution is 6.03. The van der Waals surface area contributed by atoms with E-state index in [-0.39, 0.29) is 23.3 Å². The molecule has 2 aromatic rings. The second-order valence-electron chi connectivity index (χ2n) is 5.23. The Morgan fingerprint density at radius 3 is 2.40 bits per heavy atom. The number of benzene rings is 2. The smallest absolute Gasteiger partial charge is 0.280 e. The molecular formula is C17H12F3N3O2. The number of rotatable bonds is 2. The molecule has 1 aliphatic heterocycles. The van der Waals surface area contributed by atoms with Crippen molar-refractivity contribution in [2.45, 2.75) is 0 Å². The van der Waals surface area contributed by atoms with Crippen molar-refractivity contribution in [2.75, 3.05) is 6.61 Å². The second-order valence-corrected chi connectivity index (χ2v) is 5.23.